The molecule has 2 atom stereocenters. The number of aliphatic imine (C=N–C) groups is 1. The Bertz CT molecular complexity index is 591. The van der Waals surface area contributed by atoms with Crippen molar-refractivity contribution < 1.29 is 9.21 Å². The normalized spacial score (nSPS) is 24.6. The molecule has 0 bridgehead atoms. The molecule has 1 saturated carbocycles. The van der Waals surface area contributed by atoms with E-state index in [0.29, 0.717) is 24.8 Å². The van der Waals surface area contributed by atoms with Gasteiger partial charge in [-0.05, 0) is 43.7 Å². The van der Waals surface area contributed by atoms with E-state index in [1.54, 1.807) is 18.4 Å². The summed E-state index contributed by atoms with van der Waals surface area (Å²) in [7, 11) is 0. The Labute approximate surface area is 156 Å². The number of piperazine rings is 1. The van der Waals surface area contributed by atoms with Crippen LogP contribution in [0.15, 0.2) is 27.8 Å². The fraction of sp³-hybridized carbons (Fsp3) is 0.700. The van der Waals surface area contributed by atoms with Gasteiger partial charge in [0, 0.05) is 39.3 Å². The first-order chi connectivity index (χ1) is 12.7. The van der Waals surface area contributed by atoms with E-state index in [0.717, 1.165) is 38.1 Å². The predicted octanol–water partition coefficient (Wildman–Crippen LogP) is 2.83. The molecule has 0 spiro atoms. The third-order valence-electron chi connectivity index (χ3n) is 5.48. The van der Waals surface area contributed by atoms with Crippen molar-refractivity contribution in [2.45, 2.75) is 39.5 Å². The zero-order valence-electron chi connectivity index (χ0n) is 16.1. The van der Waals surface area contributed by atoms with Gasteiger partial charge in [-0.2, -0.15) is 0 Å². The number of guanidine groups is 1. The summed E-state index contributed by atoms with van der Waals surface area (Å²) in [5.74, 6) is 2.95. The van der Waals surface area contributed by atoms with Gasteiger partial charge in [0.2, 0.25) is 0 Å². The summed E-state index contributed by atoms with van der Waals surface area (Å²) in [5, 5.41) is 3.43. The molecule has 0 aromatic carbocycles. The number of rotatable bonds is 4. The van der Waals surface area contributed by atoms with E-state index >= 15 is 0 Å². The van der Waals surface area contributed by atoms with E-state index < -0.39 is 0 Å². The van der Waals surface area contributed by atoms with Crippen molar-refractivity contribution in [2.24, 2.45) is 16.8 Å². The van der Waals surface area contributed by atoms with E-state index in [4.69, 9.17) is 9.41 Å². The van der Waals surface area contributed by atoms with Crippen molar-refractivity contribution in [1.29, 1.82) is 0 Å². The molecule has 2 heterocycles. The van der Waals surface area contributed by atoms with Gasteiger partial charge in [0.05, 0.1) is 6.26 Å². The predicted molar refractivity (Wildman–Crippen MR) is 103 cm³/mol. The first-order valence-corrected chi connectivity index (χ1v) is 10.0. The molecule has 0 radical (unpaired) electrons. The molecule has 2 fully saturated rings. The summed E-state index contributed by atoms with van der Waals surface area (Å²) >= 11 is 0. The Morgan fingerprint density at radius 2 is 2.04 bits per heavy atom. The van der Waals surface area contributed by atoms with Gasteiger partial charge in [-0.15, -0.1) is 0 Å². The topological polar surface area (TPSA) is 61.1 Å². The lowest BCUT2D eigenvalue weighted by atomic mass is 9.82. The zero-order chi connectivity index (χ0) is 18.4. The molecule has 1 N–H and O–H groups in total. The highest BCUT2D eigenvalue weighted by molar-refractivity contribution is 5.91. The Balaban J connectivity index is 1.54. The van der Waals surface area contributed by atoms with Crippen LogP contribution < -0.4 is 5.32 Å². The highest BCUT2D eigenvalue weighted by atomic mass is 16.3. The first-order valence-electron chi connectivity index (χ1n) is 10.0. The van der Waals surface area contributed by atoms with Crippen LogP contribution in [0.3, 0.4) is 0 Å². The van der Waals surface area contributed by atoms with Crippen LogP contribution in [0.25, 0.3) is 0 Å². The average molecular weight is 361 g/mol. The molecule has 6 nitrogen and oxygen atoms in total. The summed E-state index contributed by atoms with van der Waals surface area (Å²) in [4.78, 5) is 21.5. The van der Waals surface area contributed by atoms with Crippen LogP contribution in [0.5, 0.6) is 0 Å². The molecule has 3 rings (SSSR count). The summed E-state index contributed by atoms with van der Waals surface area (Å²) in [6.07, 6.45) is 6.86. The monoisotopic (exact) mass is 360 g/mol. The fourth-order valence-electron chi connectivity index (χ4n) is 4.04. The van der Waals surface area contributed by atoms with Crippen LogP contribution in [0.4, 0.5) is 0 Å². The molecule has 1 amide bonds. The Morgan fingerprint density at radius 3 is 2.69 bits per heavy atom. The fourth-order valence-corrected chi connectivity index (χ4v) is 4.04. The van der Waals surface area contributed by atoms with E-state index in [-0.39, 0.29) is 5.91 Å². The molecular weight excluding hydrogens is 328 g/mol. The molecule has 1 aromatic heterocycles. The van der Waals surface area contributed by atoms with E-state index in [2.05, 4.69) is 24.1 Å². The number of hydrogen-bond acceptors (Lipinski definition) is 3. The molecule has 1 saturated heterocycles. The standard InChI is InChI=1S/C20H32N4O2/c1-3-21-20(22-15-17-7-4-6-16(2)14-17)24-11-9-23(10-12-24)19(25)18-8-5-13-26-18/h5,8,13,16-17H,3-4,6-7,9-12,14-15H2,1-2H3,(H,21,22). The SMILES string of the molecule is CCNC(=NCC1CCCC(C)C1)N1CCN(C(=O)c2ccco2)CC1. The molecular formula is C20H32N4O2. The number of nitrogens with zero attached hydrogens (tertiary/aromatic N) is 3. The van der Waals surface area contributed by atoms with Crippen molar-refractivity contribution in [3.05, 3.63) is 24.2 Å². The Morgan fingerprint density at radius 1 is 1.27 bits per heavy atom. The maximum absolute atomic E-state index is 12.4. The van der Waals surface area contributed by atoms with E-state index in [1.165, 1.54) is 25.7 Å². The number of carbonyl (C=O) groups is 1. The number of carbonyl (C=O) groups excluding carboxylic acids is 1. The van der Waals surface area contributed by atoms with Gasteiger partial charge in [0.25, 0.3) is 5.91 Å². The van der Waals surface area contributed by atoms with Crippen molar-refractivity contribution in [3.8, 4) is 0 Å². The Kier molecular flexibility index (Phi) is 6.58. The molecule has 6 heteroatoms. The minimum Gasteiger partial charge on any atom is -0.459 e. The maximum atomic E-state index is 12.4. The third kappa shape index (κ3) is 4.80. The quantitative estimate of drug-likeness (QED) is 0.662. The molecule has 1 aliphatic carbocycles. The molecule has 144 valence electrons. The van der Waals surface area contributed by atoms with E-state index in [1.807, 2.05) is 4.90 Å². The molecule has 2 unspecified atom stereocenters. The van der Waals surface area contributed by atoms with Crippen LogP contribution in [0.1, 0.15) is 50.1 Å². The lowest BCUT2D eigenvalue weighted by molar-refractivity contribution is 0.0657. The van der Waals surface area contributed by atoms with Gasteiger partial charge >= 0.3 is 0 Å². The minimum atomic E-state index is -0.0206. The number of nitrogens with one attached hydrogen (secondary N) is 1. The Hall–Kier alpha value is -1.98. The second-order valence-corrected chi connectivity index (χ2v) is 7.59. The summed E-state index contributed by atoms with van der Waals surface area (Å²) in [6, 6.07) is 3.48. The van der Waals surface area contributed by atoms with Crippen molar-refractivity contribution in [2.75, 3.05) is 39.3 Å². The van der Waals surface area contributed by atoms with Crippen molar-refractivity contribution in [3.63, 3.8) is 0 Å². The highest BCUT2D eigenvalue weighted by Gasteiger charge is 2.25. The summed E-state index contributed by atoms with van der Waals surface area (Å²) in [5.41, 5.74) is 0. The number of furan rings is 1. The number of amides is 1. The van der Waals surface area contributed by atoms with Crippen LogP contribution in [-0.2, 0) is 0 Å². The van der Waals surface area contributed by atoms with Gasteiger partial charge in [0.15, 0.2) is 11.7 Å². The highest BCUT2D eigenvalue weighted by Crippen LogP contribution is 2.28. The van der Waals surface area contributed by atoms with Crippen molar-refractivity contribution in [1.82, 2.24) is 15.1 Å². The number of hydrogen-bond donors (Lipinski definition) is 1. The van der Waals surface area contributed by atoms with Gasteiger partial charge < -0.3 is 19.5 Å². The molecule has 1 aromatic rings. The lowest BCUT2D eigenvalue weighted by Gasteiger charge is -2.36. The van der Waals surface area contributed by atoms with Crippen LogP contribution in [0, 0.1) is 11.8 Å². The second kappa shape index (κ2) is 9.10. The largest absolute Gasteiger partial charge is 0.459 e. The average Bonchev–Trinajstić information content (AvgIpc) is 3.19. The smallest absolute Gasteiger partial charge is 0.289 e. The van der Waals surface area contributed by atoms with E-state index in [9.17, 15) is 4.79 Å². The molecule has 26 heavy (non-hydrogen) atoms. The molecule has 2 aliphatic rings. The first kappa shape index (κ1) is 18.8. The lowest BCUT2D eigenvalue weighted by Crippen LogP contribution is -2.53. The van der Waals surface area contributed by atoms with Crippen LogP contribution in [0.2, 0.25) is 0 Å². The third-order valence-corrected chi connectivity index (χ3v) is 5.48. The maximum Gasteiger partial charge on any atom is 0.289 e. The molecule has 1 aliphatic heterocycles. The van der Waals surface area contributed by atoms with Crippen molar-refractivity contribution >= 4 is 11.9 Å². The van der Waals surface area contributed by atoms with Gasteiger partial charge in [0.1, 0.15) is 0 Å². The zero-order valence-corrected chi connectivity index (χ0v) is 16.1. The minimum absolute atomic E-state index is 0.0206. The van der Waals surface area contributed by atoms with Crippen LogP contribution in [-0.4, -0.2) is 60.9 Å². The van der Waals surface area contributed by atoms with Crippen LogP contribution >= 0.6 is 0 Å². The van der Waals surface area contributed by atoms with Gasteiger partial charge in [-0.1, -0.05) is 19.8 Å². The van der Waals surface area contributed by atoms with Gasteiger partial charge in [-0.25, -0.2) is 0 Å². The van der Waals surface area contributed by atoms with Gasteiger partial charge in [-0.3, -0.25) is 9.79 Å². The summed E-state index contributed by atoms with van der Waals surface area (Å²) < 4.78 is 5.23. The summed E-state index contributed by atoms with van der Waals surface area (Å²) in [6.45, 7) is 9.25. The second-order valence-electron chi connectivity index (χ2n) is 7.59.